The van der Waals surface area contributed by atoms with Crippen LogP contribution in [0.15, 0.2) is 115 Å². The first-order valence-corrected chi connectivity index (χ1v) is 14.1. The molecule has 0 unspecified atom stereocenters. The lowest BCUT2D eigenvalue weighted by Gasteiger charge is -2.15. The Hall–Kier alpha value is -4.30. The lowest BCUT2D eigenvalue weighted by Crippen LogP contribution is -1.92. The van der Waals surface area contributed by atoms with Gasteiger partial charge in [0.2, 0.25) is 0 Å². The monoisotopic (exact) mass is 528 g/mol. The van der Waals surface area contributed by atoms with Crippen molar-refractivity contribution in [1.29, 1.82) is 0 Å². The van der Waals surface area contributed by atoms with Crippen LogP contribution in [0.5, 0.6) is 11.5 Å². The van der Waals surface area contributed by atoms with Crippen molar-refractivity contribution in [1.82, 2.24) is 0 Å². The Labute approximate surface area is 239 Å². The summed E-state index contributed by atoms with van der Waals surface area (Å²) >= 11 is 0. The molecule has 0 fully saturated rings. The predicted octanol–water partition coefficient (Wildman–Crippen LogP) is 10.8. The molecule has 0 radical (unpaired) electrons. The fourth-order valence-electron chi connectivity index (χ4n) is 5.12. The third-order valence-electron chi connectivity index (χ3n) is 7.17. The van der Waals surface area contributed by atoms with E-state index in [9.17, 15) is 0 Å². The van der Waals surface area contributed by atoms with Crippen LogP contribution in [0.1, 0.15) is 44.7 Å². The highest BCUT2D eigenvalue weighted by Gasteiger charge is 2.10. The maximum Gasteiger partial charge on any atom is 0.119 e. The molecule has 5 aromatic rings. The molecule has 5 aromatic carbocycles. The summed E-state index contributed by atoms with van der Waals surface area (Å²) in [6.45, 7) is 8.28. The highest BCUT2D eigenvalue weighted by atomic mass is 16.5. The number of benzene rings is 5. The number of fused-ring (bicyclic) bond motifs is 2. The van der Waals surface area contributed by atoms with Gasteiger partial charge in [-0.1, -0.05) is 110 Å². The van der Waals surface area contributed by atoms with Crippen LogP contribution in [0.2, 0.25) is 0 Å². The SMILES string of the molecule is CC.COc1ccc2c(-c3ccc(C)cc3)cccc2c1.COc1ccc2c(C3=CC(C)=CCC3)cccc2c1. The van der Waals surface area contributed by atoms with E-state index in [-0.39, 0.29) is 0 Å². The molecule has 204 valence electrons. The number of methoxy groups -OCH3 is 2. The van der Waals surface area contributed by atoms with E-state index < -0.39 is 0 Å². The van der Waals surface area contributed by atoms with Crippen LogP contribution in [0, 0.1) is 6.92 Å². The van der Waals surface area contributed by atoms with E-state index in [2.05, 4.69) is 111 Å². The van der Waals surface area contributed by atoms with Crippen molar-refractivity contribution in [2.75, 3.05) is 14.2 Å². The zero-order chi connectivity index (χ0) is 28.5. The average molecular weight is 529 g/mol. The van der Waals surface area contributed by atoms with Gasteiger partial charge in [0.15, 0.2) is 0 Å². The predicted molar refractivity (Wildman–Crippen MR) is 173 cm³/mol. The van der Waals surface area contributed by atoms with E-state index >= 15 is 0 Å². The van der Waals surface area contributed by atoms with E-state index in [1.807, 2.05) is 26.0 Å². The molecule has 2 nitrogen and oxygen atoms in total. The first-order valence-electron chi connectivity index (χ1n) is 14.1. The summed E-state index contributed by atoms with van der Waals surface area (Å²) in [4.78, 5) is 0. The highest BCUT2D eigenvalue weighted by molar-refractivity contribution is 5.97. The normalized spacial score (nSPS) is 12.3. The largest absolute Gasteiger partial charge is 0.497 e. The van der Waals surface area contributed by atoms with E-state index in [4.69, 9.17) is 9.47 Å². The van der Waals surface area contributed by atoms with Crippen molar-refractivity contribution in [2.24, 2.45) is 0 Å². The second-order valence-electron chi connectivity index (χ2n) is 9.81. The Kier molecular flexibility index (Phi) is 9.81. The van der Waals surface area contributed by atoms with Gasteiger partial charge in [-0.2, -0.15) is 0 Å². The van der Waals surface area contributed by atoms with Gasteiger partial charge >= 0.3 is 0 Å². The molecule has 1 aliphatic rings. The van der Waals surface area contributed by atoms with Crippen molar-refractivity contribution in [3.8, 4) is 22.6 Å². The van der Waals surface area contributed by atoms with Crippen LogP contribution in [0.4, 0.5) is 0 Å². The van der Waals surface area contributed by atoms with E-state index in [1.54, 1.807) is 14.2 Å². The van der Waals surface area contributed by atoms with Gasteiger partial charge in [-0.05, 0) is 94.8 Å². The Balaban J connectivity index is 0.000000174. The molecule has 40 heavy (non-hydrogen) atoms. The van der Waals surface area contributed by atoms with Crippen molar-refractivity contribution in [3.05, 3.63) is 126 Å². The van der Waals surface area contributed by atoms with E-state index in [1.165, 1.54) is 54.9 Å². The number of hydrogen-bond donors (Lipinski definition) is 0. The molecule has 0 spiro atoms. The molecule has 0 saturated heterocycles. The fraction of sp³-hybridized carbons (Fsp3) is 0.211. The summed E-state index contributed by atoms with van der Waals surface area (Å²) in [5.41, 5.74) is 7.96. The van der Waals surface area contributed by atoms with Crippen LogP contribution < -0.4 is 9.47 Å². The minimum absolute atomic E-state index is 0.897. The first-order chi connectivity index (χ1) is 19.6. The minimum atomic E-state index is 0.897. The molecule has 0 bridgehead atoms. The third-order valence-corrected chi connectivity index (χ3v) is 7.17. The lowest BCUT2D eigenvalue weighted by molar-refractivity contribution is 0.415. The molecule has 0 N–H and O–H groups in total. The molecule has 0 saturated carbocycles. The van der Waals surface area contributed by atoms with E-state index in [0.717, 1.165) is 24.3 Å². The summed E-state index contributed by atoms with van der Waals surface area (Å²) in [7, 11) is 3.41. The van der Waals surface area contributed by atoms with Crippen LogP contribution >= 0.6 is 0 Å². The molecule has 0 aliphatic heterocycles. The molecule has 0 aromatic heterocycles. The van der Waals surface area contributed by atoms with Gasteiger partial charge in [-0.25, -0.2) is 0 Å². The highest BCUT2D eigenvalue weighted by Crippen LogP contribution is 2.33. The second kappa shape index (κ2) is 13.7. The third kappa shape index (κ3) is 6.63. The summed E-state index contributed by atoms with van der Waals surface area (Å²) in [6.07, 6.45) is 6.88. The number of ether oxygens (including phenoxy) is 2. The minimum Gasteiger partial charge on any atom is -0.497 e. The maximum atomic E-state index is 5.30. The number of allylic oxidation sites excluding steroid dienone is 4. The van der Waals surface area contributed by atoms with Crippen molar-refractivity contribution in [2.45, 2.75) is 40.5 Å². The van der Waals surface area contributed by atoms with Crippen LogP contribution in [0.25, 0.3) is 38.2 Å². The molecular formula is C38H40O2. The van der Waals surface area contributed by atoms with Gasteiger partial charge < -0.3 is 9.47 Å². The zero-order valence-corrected chi connectivity index (χ0v) is 24.6. The first kappa shape index (κ1) is 28.7. The molecule has 0 amide bonds. The average Bonchev–Trinajstić information content (AvgIpc) is 3.01. The van der Waals surface area contributed by atoms with Crippen molar-refractivity contribution >= 4 is 27.1 Å². The second-order valence-corrected chi connectivity index (χ2v) is 9.81. The van der Waals surface area contributed by atoms with Crippen LogP contribution in [0.3, 0.4) is 0 Å². The summed E-state index contributed by atoms with van der Waals surface area (Å²) < 4.78 is 10.6. The number of aryl methyl sites for hydroxylation is 1. The van der Waals surface area contributed by atoms with Crippen LogP contribution in [-0.4, -0.2) is 14.2 Å². The van der Waals surface area contributed by atoms with Gasteiger partial charge in [0.1, 0.15) is 11.5 Å². The van der Waals surface area contributed by atoms with Crippen molar-refractivity contribution < 1.29 is 9.47 Å². The molecule has 0 atom stereocenters. The summed E-state index contributed by atoms with van der Waals surface area (Å²) in [5.74, 6) is 1.81. The summed E-state index contributed by atoms with van der Waals surface area (Å²) in [6, 6.07) is 34.1. The molecular weight excluding hydrogens is 488 g/mol. The number of hydrogen-bond acceptors (Lipinski definition) is 2. The van der Waals surface area contributed by atoms with Gasteiger partial charge in [-0.3, -0.25) is 0 Å². The topological polar surface area (TPSA) is 18.5 Å². The van der Waals surface area contributed by atoms with Crippen LogP contribution in [-0.2, 0) is 0 Å². The van der Waals surface area contributed by atoms with Crippen molar-refractivity contribution in [3.63, 3.8) is 0 Å². The molecule has 0 heterocycles. The van der Waals surface area contributed by atoms with Gasteiger partial charge in [-0.15, -0.1) is 0 Å². The van der Waals surface area contributed by atoms with Gasteiger partial charge in [0, 0.05) is 0 Å². The lowest BCUT2D eigenvalue weighted by atomic mass is 9.91. The Bertz CT molecular complexity index is 1640. The number of rotatable bonds is 4. The standard InChI is InChI=1S/C18H18O.C18H16O.C2H6/c1-13-5-3-6-14(11-13)17-8-4-7-15-12-16(19-2)9-10-18(15)17;1-13-6-8-14(9-7-13)17-5-3-4-15-12-16(19-2)10-11-18(15)17;1-2/h4-5,7-12H,3,6H2,1-2H3;3-12H,1-2H3;1-2H3. The summed E-state index contributed by atoms with van der Waals surface area (Å²) in [5, 5.41) is 5.01. The van der Waals surface area contributed by atoms with Gasteiger partial charge in [0.05, 0.1) is 14.2 Å². The quantitative estimate of drug-likeness (QED) is 0.231. The zero-order valence-electron chi connectivity index (χ0n) is 24.6. The fourth-order valence-corrected chi connectivity index (χ4v) is 5.12. The molecule has 6 rings (SSSR count). The Morgan fingerprint density at radius 2 is 1.15 bits per heavy atom. The van der Waals surface area contributed by atoms with Gasteiger partial charge in [0.25, 0.3) is 0 Å². The Morgan fingerprint density at radius 3 is 1.70 bits per heavy atom. The molecule has 1 aliphatic carbocycles. The smallest absolute Gasteiger partial charge is 0.119 e. The molecule has 2 heteroatoms. The van der Waals surface area contributed by atoms with E-state index in [0.29, 0.717) is 0 Å². The maximum absolute atomic E-state index is 5.30. The Morgan fingerprint density at radius 1 is 0.600 bits per heavy atom.